The molecule has 2 fully saturated rings. The lowest BCUT2D eigenvalue weighted by Gasteiger charge is -2.41. The standard InChI is InChI=1S/C17H26N2O2/c1-12(13-6-7-16(20-2)17(9-13)21-3)19-8-4-5-14-10-18-11-15(14)19/h6-7,9,12,14-15,18H,4-5,8,10-11H2,1-3H3. The highest BCUT2D eigenvalue weighted by atomic mass is 16.5. The molecule has 0 aliphatic carbocycles. The molecule has 0 radical (unpaired) electrons. The number of methoxy groups -OCH3 is 2. The van der Waals surface area contributed by atoms with Crippen LogP contribution < -0.4 is 14.8 Å². The zero-order valence-electron chi connectivity index (χ0n) is 13.3. The molecule has 0 amide bonds. The van der Waals surface area contributed by atoms with Crippen molar-refractivity contribution in [1.29, 1.82) is 0 Å². The van der Waals surface area contributed by atoms with E-state index in [0.29, 0.717) is 12.1 Å². The number of rotatable bonds is 4. The van der Waals surface area contributed by atoms with Crippen molar-refractivity contribution in [1.82, 2.24) is 10.2 Å². The van der Waals surface area contributed by atoms with Crippen LogP contribution in [0.5, 0.6) is 11.5 Å². The highest BCUT2D eigenvalue weighted by molar-refractivity contribution is 5.43. The molecule has 0 saturated carbocycles. The fourth-order valence-corrected chi connectivity index (χ4v) is 3.89. The lowest BCUT2D eigenvalue weighted by molar-refractivity contribution is 0.0846. The van der Waals surface area contributed by atoms with E-state index < -0.39 is 0 Å². The number of likely N-dealkylation sites (tertiary alicyclic amines) is 1. The van der Waals surface area contributed by atoms with Gasteiger partial charge in [-0.1, -0.05) is 6.07 Å². The Morgan fingerprint density at radius 2 is 2.00 bits per heavy atom. The quantitative estimate of drug-likeness (QED) is 0.923. The van der Waals surface area contributed by atoms with Gasteiger partial charge in [-0.2, -0.15) is 0 Å². The summed E-state index contributed by atoms with van der Waals surface area (Å²) in [6, 6.07) is 7.39. The molecule has 3 rings (SSSR count). The van der Waals surface area contributed by atoms with Crippen molar-refractivity contribution < 1.29 is 9.47 Å². The monoisotopic (exact) mass is 290 g/mol. The highest BCUT2D eigenvalue weighted by Gasteiger charge is 2.37. The summed E-state index contributed by atoms with van der Waals surface area (Å²) in [7, 11) is 3.38. The van der Waals surface area contributed by atoms with Gasteiger partial charge in [-0.3, -0.25) is 4.90 Å². The van der Waals surface area contributed by atoms with Crippen LogP contribution >= 0.6 is 0 Å². The van der Waals surface area contributed by atoms with Crippen LogP contribution in [0.4, 0.5) is 0 Å². The van der Waals surface area contributed by atoms with E-state index in [1.165, 1.54) is 31.5 Å². The number of hydrogen-bond acceptors (Lipinski definition) is 4. The Morgan fingerprint density at radius 3 is 2.76 bits per heavy atom. The van der Waals surface area contributed by atoms with Gasteiger partial charge in [0, 0.05) is 18.6 Å². The van der Waals surface area contributed by atoms with Gasteiger partial charge >= 0.3 is 0 Å². The summed E-state index contributed by atoms with van der Waals surface area (Å²) in [5, 5.41) is 3.56. The summed E-state index contributed by atoms with van der Waals surface area (Å²) in [6.07, 6.45) is 2.67. The number of piperidine rings is 1. The number of fused-ring (bicyclic) bond motifs is 1. The lowest BCUT2D eigenvalue weighted by atomic mass is 9.89. The molecule has 2 saturated heterocycles. The molecule has 1 N–H and O–H groups in total. The van der Waals surface area contributed by atoms with E-state index in [2.05, 4.69) is 29.3 Å². The van der Waals surface area contributed by atoms with E-state index in [1.54, 1.807) is 14.2 Å². The van der Waals surface area contributed by atoms with E-state index >= 15 is 0 Å². The Bertz CT molecular complexity index is 492. The van der Waals surface area contributed by atoms with Crippen molar-refractivity contribution >= 4 is 0 Å². The van der Waals surface area contributed by atoms with Crippen LogP contribution in [0, 0.1) is 5.92 Å². The first-order valence-corrected chi connectivity index (χ1v) is 7.93. The van der Waals surface area contributed by atoms with E-state index in [1.807, 2.05) is 6.07 Å². The van der Waals surface area contributed by atoms with E-state index in [0.717, 1.165) is 24.0 Å². The molecule has 0 spiro atoms. The summed E-state index contributed by atoms with van der Waals surface area (Å²) in [5.41, 5.74) is 1.31. The van der Waals surface area contributed by atoms with E-state index in [9.17, 15) is 0 Å². The molecule has 3 atom stereocenters. The predicted molar refractivity (Wildman–Crippen MR) is 84.0 cm³/mol. The molecular formula is C17H26N2O2. The third-order valence-electron chi connectivity index (χ3n) is 5.11. The van der Waals surface area contributed by atoms with Crippen LogP contribution in [0.2, 0.25) is 0 Å². The maximum Gasteiger partial charge on any atom is 0.161 e. The fraction of sp³-hybridized carbons (Fsp3) is 0.647. The second kappa shape index (κ2) is 6.24. The van der Waals surface area contributed by atoms with Crippen molar-refractivity contribution in [2.45, 2.75) is 31.8 Å². The van der Waals surface area contributed by atoms with Gasteiger partial charge in [0.25, 0.3) is 0 Å². The Morgan fingerprint density at radius 1 is 1.19 bits per heavy atom. The van der Waals surface area contributed by atoms with Gasteiger partial charge in [0.15, 0.2) is 11.5 Å². The molecule has 4 heteroatoms. The van der Waals surface area contributed by atoms with Crippen LogP contribution in [-0.2, 0) is 0 Å². The lowest BCUT2D eigenvalue weighted by Crippen LogP contribution is -2.46. The number of nitrogens with zero attached hydrogens (tertiary/aromatic N) is 1. The van der Waals surface area contributed by atoms with Gasteiger partial charge in [0.2, 0.25) is 0 Å². The second-order valence-corrected chi connectivity index (χ2v) is 6.16. The highest BCUT2D eigenvalue weighted by Crippen LogP contribution is 2.36. The third kappa shape index (κ3) is 2.74. The first-order chi connectivity index (χ1) is 10.2. The zero-order chi connectivity index (χ0) is 14.8. The summed E-state index contributed by atoms with van der Waals surface area (Å²) >= 11 is 0. The van der Waals surface area contributed by atoms with E-state index in [-0.39, 0.29) is 0 Å². The Hall–Kier alpha value is -1.26. The normalized spacial score (nSPS) is 27.2. The molecule has 21 heavy (non-hydrogen) atoms. The zero-order valence-corrected chi connectivity index (χ0v) is 13.3. The van der Waals surface area contributed by atoms with Crippen LogP contribution in [-0.4, -0.2) is 44.8 Å². The molecule has 1 aromatic carbocycles. The van der Waals surface area contributed by atoms with Crippen molar-refractivity contribution in [3.05, 3.63) is 23.8 Å². The largest absolute Gasteiger partial charge is 0.493 e. The number of benzene rings is 1. The topological polar surface area (TPSA) is 33.7 Å². The molecule has 1 aromatic rings. The predicted octanol–water partition coefficient (Wildman–Crippen LogP) is 2.45. The molecule has 4 nitrogen and oxygen atoms in total. The third-order valence-corrected chi connectivity index (χ3v) is 5.11. The summed E-state index contributed by atoms with van der Waals surface area (Å²) in [4.78, 5) is 2.66. The van der Waals surface area contributed by atoms with Gasteiger partial charge < -0.3 is 14.8 Å². The molecule has 116 valence electrons. The molecule has 0 aromatic heterocycles. The Labute approximate surface area is 127 Å². The first-order valence-electron chi connectivity index (χ1n) is 7.93. The summed E-state index contributed by atoms with van der Waals surface area (Å²) in [5.74, 6) is 2.44. The van der Waals surface area contributed by atoms with Gasteiger partial charge in [-0.25, -0.2) is 0 Å². The average molecular weight is 290 g/mol. The molecule has 0 bridgehead atoms. The summed E-state index contributed by atoms with van der Waals surface area (Å²) in [6.45, 7) is 5.81. The van der Waals surface area contributed by atoms with Crippen LogP contribution in [0.15, 0.2) is 18.2 Å². The SMILES string of the molecule is COc1ccc(C(C)N2CCCC3CNCC32)cc1OC. The molecule has 3 unspecified atom stereocenters. The number of hydrogen-bond donors (Lipinski definition) is 1. The minimum Gasteiger partial charge on any atom is -0.493 e. The van der Waals surface area contributed by atoms with Gasteiger partial charge in [-0.15, -0.1) is 0 Å². The van der Waals surface area contributed by atoms with Crippen molar-refractivity contribution in [3.63, 3.8) is 0 Å². The number of ether oxygens (including phenoxy) is 2. The van der Waals surface area contributed by atoms with Crippen molar-refractivity contribution in [2.24, 2.45) is 5.92 Å². The minimum atomic E-state index is 0.414. The Balaban J connectivity index is 1.82. The fourth-order valence-electron chi connectivity index (χ4n) is 3.89. The minimum absolute atomic E-state index is 0.414. The van der Waals surface area contributed by atoms with Gasteiger partial charge in [0.05, 0.1) is 14.2 Å². The molecule has 2 aliphatic rings. The molecule has 2 aliphatic heterocycles. The van der Waals surface area contributed by atoms with Gasteiger partial charge in [-0.05, 0) is 56.5 Å². The molecule has 2 heterocycles. The van der Waals surface area contributed by atoms with Crippen LogP contribution in [0.3, 0.4) is 0 Å². The Kier molecular flexibility index (Phi) is 4.36. The summed E-state index contributed by atoms with van der Waals surface area (Å²) < 4.78 is 10.8. The van der Waals surface area contributed by atoms with Crippen molar-refractivity contribution in [2.75, 3.05) is 33.9 Å². The van der Waals surface area contributed by atoms with Crippen LogP contribution in [0.25, 0.3) is 0 Å². The maximum absolute atomic E-state index is 5.45. The van der Waals surface area contributed by atoms with E-state index in [4.69, 9.17) is 9.47 Å². The average Bonchev–Trinajstić information content (AvgIpc) is 3.02. The van der Waals surface area contributed by atoms with Crippen molar-refractivity contribution in [3.8, 4) is 11.5 Å². The van der Waals surface area contributed by atoms with Gasteiger partial charge in [0.1, 0.15) is 0 Å². The second-order valence-electron chi connectivity index (χ2n) is 6.16. The number of nitrogens with one attached hydrogen (secondary N) is 1. The first kappa shape index (κ1) is 14.7. The molecular weight excluding hydrogens is 264 g/mol. The van der Waals surface area contributed by atoms with Crippen LogP contribution in [0.1, 0.15) is 31.4 Å². The maximum atomic E-state index is 5.45. The smallest absolute Gasteiger partial charge is 0.161 e.